The first-order chi connectivity index (χ1) is 7.97. The fourth-order valence-corrected chi connectivity index (χ4v) is 3.30. The maximum Gasteiger partial charge on any atom is 0.305 e. The summed E-state index contributed by atoms with van der Waals surface area (Å²) in [6, 6.07) is 0. The van der Waals surface area contributed by atoms with Crippen LogP contribution in [0.5, 0.6) is 0 Å². The Morgan fingerprint density at radius 2 is 2.12 bits per heavy atom. The van der Waals surface area contributed by atoms with Crippen LogP contribution >= 0.6 is 0 Å². The lowest BCUT2D eigenvalue weighted by atomic mass is 9.63. The maximum atomic E-state index is 11.0. The van der Waals surface area contributed by atoms with Crippen LogP contribution < -0.4 is 0 Å². The molecule has 0 aromatic rings. The number of hydrogen-bond donors (Lipinski definition) is 0. The van der Waals surface area contributed by atoms with Crippen LogP contribution in [0, 0.1) is 17.3 Å². The predicted octanol–water partition coefficient (Wildman–Crippen LogP) is 4.18. The van der Waals surface area contributed by atoms with Crippen LogP contribution in [-0.2, 0) is 9.53 Å². The average Bonchev–Trinajstić information content (AvgIpc) is 2.26. The Morgan fingerprint density at radius 3 is 2.71 bits per heavy atom. The van der Waals surface area contributed by atoms with Crippen molar-refractivity contribution in [3.8, 4) is 0 Å². The van der Waals surface area contributed by atoms with E-state index >= 15 is 0 Å². The van der Waals surface area contributed by atoms with Gasteiger partial charge in [0.15, 0.2) is 0 Å². The quantitative estimate of drug-likeness (QED) is 0.532. The smallest absolute Gasteiger partial charge is 0.305 e. The van der Waals surface area contributed by atoms with Crippen molar-refractivity contribution in [1.82, 2.24) is 0 Å². The second kappa shape index (κ2) is 6.42. The van der Waals surface area contributed by atoms with Crippen molar-refractivity contribution < 1.29 is 9.53 Å². The normalized spacial score (nSPS) is 27.8. The van der Waals surface area contributed by atoms with Crippen molar-refractivity contribution in [2.24, 2.45) is 17.3 Å². The lowest BCUT2D eigenvalue weighted by Crippen LogP contribution is -2.33. The van der Waals surface area contributed by atoms with E-state index in [2.05, 4.69) is 20.8 Å². The molecule has 100 valence electrons. The van der Waals surface area contributed by atoms with Crippen molar-refractivity contribution >= 4 is 5.97 Å². The van der Waals surface area contributed by atoms with Gasteiger partial charge in [-0.2, -0.15) is 0 Å². The Balaban J connectivity index is 2.31. The Labute approximate surface area is 106 Å². The minimum Gasteiger partial charge on any atom is -0.466 e. The summed E-state index contributed by atoms with van der Waals surface area (Å²) in [6.07, 6.45) is 6.79. The van der Waals surface area contributed by atoms with E-state index in [0.717, 1.165) is 18.3 Å². The molecule has 0 amide bonds. The Hall–Kier alpha value is -0.530. The minimum atomic E-state index is -0.0686. The molecule has 0 radical (unpaired) electrons. The van der Waals surface area contributed by atoms with Gasteiger partial charge < -0.3 is 4.74 Å². The lowest BCUT2D eigenvalue weighted by Gasteiger charge is -2.43. The van der Waals surface area contributed by atoms with Gasteiger partial charge in [0.25, 0.3) is 0 Å². The molecule has 0 bridgehead atoms. The van der Waals surface area contributed by atoms with Crippen molar-refractivity contribution in [1.29, 1.82) is 0 Å². The molecule has 1 aliphatic carbocycles. The summed E-state index contributed by atoms with van der Waals surface area (Å²) in [4.78, 5) is 11.0. The molecule has 0 spiro atoms. The zero-order valence-corrected chi connectivity index (χ0v) is 11.9. The van der Waals surface area contributed by atoms with E-state index in [1.807, 2.05) is 6.92 Å². The van der Waals surface area contributed by atoms with Gasteiger partial charge in [0.1, 0.15) is 0 Å². The van der Waals surface area contributed by atoms with Crippen molar-refractivity contribution in [3.63, 3.8) is 0 Å². The third-order valence-electron chi connectivity index (χ3n) is 4.38. The molecular weight excluding hydrogens is 212 g/mol. The molecule has 0 saturated heterocycles. The molecule has 0 N–H and O–H groups in total. The molecule has 2 nitrogen and oxygen atoms in total. The summed E-state index contributed by atoms with van der Waals surface area (Å²) in [5, 5.41) is 0. The summed E-state index contributed by atoms with van der Waals surface area (Å²) in [5.41, 5.74) is 0.465. The first-order valence-electron chi connectivity index (χ1n) is 7.13. The molecule has 0 heterocycles. The number of rotatable bonds is 5. The fraction of sp³-hybridized carbons (Fsp3) is 0.933. The zero-order valence-electron chi connectivity index (χ0n) is 11.9. The number of carbonyl (C=O) groups is 1. The van der Waals surface area contributed by atoms with Crippen molar-refractivity contribution in [2.45, 2.75) is 66.2 Å². The number of ether oxygens (including phenoxy) is 1. The predicted molar refractivity (Wildman–Crippen MR) is 70.8 cm³/mol. The lowest BCUT2D eigenvalue weighted by molar-refractivity contribution is -0.143. The molecule has 2 heteroatoms. The first kappa shape index (κ1) is 14.5. The number of carbonyl (C=O) groups excluding carboxylic acids is 1. The van der Waals surface area contributed by atoms with Crippen LogP contribution in [0.25, 0.3) is 0 Å². The van der Waals surface area contributed by atoms with E-state index in [1.54, 1.807) is 0 Å². The van der Waals surface area contributed by atoms with E-state index in [1.165, 1.54) is 25.7 Å². The molecule has 1 rings (SSSR count). The van der Waals surface area contributed by atoms with Crippen LogP contribution in [0.3, 0.4) is 0 Å². The molecule has 17 heavy (non-hydrogen) atoms. The van der Waals surface area contributed by atoms with Gasteiger partial charge in [-0.05, 0) is 36.5 Å². The summed E-state index contributed by atoms with van der Waals surface area (Å²) >= 11 is 0. The summed E-state index contributed by atoms with van der Waals surface area (Å²) in [5.74, 6) is 1.54. The van der Waals surface area contributed by atoms with Crippen LogP contribution in [-0.4, -0.2) is 12.6 Å². The van der Waals surface area contributed by atoms with Crippen LogP contribution in [0.1, 0.15) is 66.2 Å². The number of hydrogen-bond acceptors (Lipinski definition) is 2. The molecule has 1 aliphatic rings. The SMILES string of the molecule is CCC(=O)OCCCC1C(C)CCCC1(C)C. The van der Waals surface area contributed by atoms with Gasteiger partial charge in [0.05, 0.1) is 6.61 Å². The summed E-state index contributed by atoms with van der Waals surface area (Å²) < 4.78 is 5.15. The summed E-state index contributed by atoms with van der Waals surface area (Å²) in [7, 11) is 0. The van der Waals surface area contributed by atoms with E-state index in [0.29, 0.717) is 18.4 Å². The Kier molecular flexibility index (Phi) is 5.48. The van der Waals surface area contributed by atoms with Crippen molar-refractivity contribution in [3.05, 3.63) is 0 Å². The van der Waals surface area contributed by atoms with Crippen LogP contribution in [0.2, 0.25) is 0 Å². The maximum absolute atomic E-state index is 11.0. The highest BCUT2D eigenvalue weighted by atomic mass is 16.5. The third-order valence-corrected chi connectivity index (χ3v) is 4.38. The standard InChI is InChI=1S/C15H28O2/c1-5-14(16)17-11-7-9-13-12(2)8-6-10-15(13,3)4/h12-13H,5-11H2,1-4H3. The molecule has 2 atom stereocenters. The third kappa shape index (κ3) is 4.33. The highest BCUT2D eigenvalue weighted by Crippen LogP contribution is 2.45. The largest absolute Gasteiger partial charge is 0.466 e. The zero-order chi connectivity index (χ0) is 12.9. The van der Waals surface area contributed by atoms with Crippen LogP contribution in [0.15, 0.2) is 0 Å². The topological polar surface area (TPSA) is 26.3 Å². The van der Waals surface area contributed by atoms with Crippen molar-refractivity contribution in [2.75, 3.05) is 6.61 Å². The summed E-state index contributed by atoms with van der Waals surface area (Å²) in [6.45, 7) is 9.61. The molecule has 1 fully saturated rings. The average molecular weight is 240 g/mol. The van der Waals surface area contributed by atoms with Gasteiger partial charge in [0.2, 0.25) is 0 Å². The van der Waals surface area contributed by atoms with E-state index < -0.39 is 0 Å². The molecular formula is C15H28O2. The van der Waals surface area contributed by atoms with E-state index in [4.69, 9.17) is 4.74 Å². The van der Waals surface area contributed by atoms with Gasteiger partial charge in [-0.1, -0.05) is 40.5 Å². The molecule has 0 aliphatic heterocycles. The molecule has 2 unspecified atom stereocenters. The van der Waals surface area contributed by atoms with Crippen LogP contribution in [0.4, 0.5) is 0 Å². The first-order valence-corrected chi connectivity index (χ1v) is 7.13. The highest BCUT2D eigenvalue weighted by molar-refractivity contribution is 5.68. The van der Waals surface area contributed by atoms with Gasteiger partial charge in [-0.25, -0.2) is 0 Å². The highest BCUT2D eigenvalue weighted by Gasteiger charge is 2.35. The van der Waals surface area contributed by atoms with E-state index in [-0.39, 0.29) is 5.97 Å². The monoisotopic (exact) mass is 240 g/mol. The Bertz CT molecular complexity index is 245. The Morgan fingerprint density at radius 1 is 1.41 bits per heavy atom. The minimum absolute atomic E-state index is 0.0686. The molecule has 0 aromatic heterocycles. The molecule has 0 aromatic carbocycles. The second-order valence-electron chi connectivity index (χ2n) is 6.18. The number of esters is 1. The van der Waals surface area contributed by atoms with Gasteiger partial charge in [-0.15, -0.1) is 0 Å². The fourth-order valence-electron chi connectivity index (χ4n) is 3.30. The van der Waals surface area contributed by atoms with E-state index in [9.17, 15) is 4.79 Å². The van der Waals surface area contributed by atoms with Gasteiger partial charge in [0, 0.05) is 6.42 Å². The second-order valence-corrected chi connectivity index (χ2v) is 6.18. The van der Waals surface area contributed by atoms with Gasteiger partial charge in [-0.3, -0.25) is 4.79 Å². The molecule has 1 saturated carbocycles. The van der Waals surface area contributed by atoms with Gasteiger partial charge >= 0.3 is 5.97 Å².